The lowest BCUT2D eigenvalue weighted by molar-refractivity contribution is 0.423. The molecule has 1 aromatic carbocycles. The number of phenols is 1. The second kappa shape index (κ2) is 4.54. The lowest BCUT2D eigenvalue weighted by Gasteiger charge is -2.25. The van der Waals surface area contributed by atoms with Crippen LogP contribution in [0.4, 0.5) is 0 Å². The number of rotatable bonds is 1. The van der Waals surface area contributed by atoms with Crippen LogP contribution in [0.5, 0.6) is 5.75 Å². The predicted octanol–water partition coefficient (Wildman–Crippen LogP) is 2.93. The summed E-state index contributed by atoms with van der Waals surface area (Å²) in [4.78, 5) is 0. The minimum Gasteiger partial charge on any atom is -0.508 e. The smallest absolute Gasteiger partial charge is 0.120 e. The second-order valence-corrected chi connectivity index (χ2v) is 4.95. The molecule has 82 valence electrons. The van der Waals surface area contributed by atoms with E-state index in [1.54, 1.807) is 6.07 Å². The van der Waals surface area contributed by atoms with E-state index in [1.807, 2.05) is 6.07 Å². The van der Waals surface area contributed by atoms with Gasteiger partial charge in [0.05, 0.1) is 0 Å². The molecule has 1 saturated heterocycles. The minimum absolute atomic E-state index is 0.430. The van der Waals surface area contributed by atoms with Gasteiger partial charge in [-0.25, -0.2) is 0 Å². The van der Waals surface area contributed by atoms with Gasteiger partial charge in [0.15, 0.2) is 0 Å². The van der Waals surface area contributed by atoms with Crippen molar-refractivity contribution in [1.82, 2.24) is 5.32 Å². The zero-order valence-electron chi connectivity index (χ0n) is 8.89. The molecule has 0 saturated carbocycles. The monoisotopic (exact) mass is 269 g/mol. The number of phenolic OH excluding ortho intramolecular Hbond substituents is 1. The maximum atomic E-state index is 9.92. The van der Waals surface area contributed by atoms with E-state index in [0.29, 0.717) is 11.7 Å². The zero-order valence-corrected chi connectivity index (χ0v) is 10.5. The highest BCUT2D eigenvalue weighted by molar-refractivity contribution is 9.10. The van der Waals surface area contributed by atoms with Gasteiger partial charge in [0.1, 0.15) is 5.75 Å². The number of nitrogens with one attached hydrogen (secondary N) is 1. The number of aromatic hydroxyl groups is 1. The maximum absolute atomic E-state index is 9.92. The quantitative estimate of drug-likeness (QED) is 0.822. The fraction of sp³-hybridized carbons (Fsp3) is 0.500. The van der Waals surface area contributed by atoms with Gasteiger partial charge in [-0.15, -0.1) is 0 Å². The van der Waals surface area contributed by atoms with E-state index in [0.717, 1.165) is 36.0 Å². The Morgan fingerprint density at radius 2 is 2.00 bits per heavy atom. The fourth-order valence-corrected chi connectivity index (χ4v) is 2.85. The highest BCUT2D eigenvalue weighted by Gasteiger charge is 2.21. The Labute approximate surface area is 98.8 Å². The van der Waals surface area contributed by atoms with E-state index in [9.17, 15) is 5.11 Å². The lowest BCUT2D eigenvalue weighted by atomic mass is 9.89. The number of benzene rings is 1. The molecule has 2 rings (SSSR count). The zero-order chi connectivity index (χ0) is 10.8. The second-order valence-electron chi connectivity index (χ2n) is 4.15. The van der Waals surface area contributed by atoms with Crippen molar-refractivity contribution in [3.8, 4) is 5.75 Å². The summed E-state index contributed by atoms with van der Waals surface area (Å²) in [5.74, 6) is 0.917. The van der Waals surface area contributed by atoms with Crippen molar-refractivity contribution in [2.45, 2.75) is 25.7 Å². The number of hydrogen-bond acceptors (Lipinski definition) is 2. The Bertz CT molecular complexity index is 359. The molecule has 0 aromatic heterocycles. The van der Waals surface area contributed by atoms with Crippen LogP contribution in [0.15, 0.2) is 16.6 Å². The SMILES string of the molecule is Cc1ccc(O)c(C2CCNCC2)c1Br. The van der Waals surface area contributed by atoms with Crippen molar-refractivity contribution in [2.75, 3.05) is 13.1 Å². The van der Waals surface area contributed by atoms with E-state index in [4.69, 9.17) is 0 Å². The Kier molecular flexibility index (Phi) is 3.32. The van der Waals surface area contributed by atoms with Crippen LogP contribution in [0.1, 0.15) is 29.9 Å². The molecule has 2 N–H and O–H groups in total. The average molecular weight is 270 g/mol. The highest BCUT2D eigenvalue weighted by atomic mass is 79.9. The summed E-state index contributed by atoms with van der Waals surface area (Å²) < 4.78 is 1.08. The van der Waals surface area contributed by atoms with Gasteiger partial charge in [-0.05, 0) is 50.4 Å². The first kappa shape index (κ1) is 11.0. The molecule has 0 atom stereocenters. The average Bonchev–Trinajstić information content (AvgIpc) is 2.26. The number of halogens is 1. The molecule has 1 fully saturated rings. The fourth-order valence-electron chi connectivity index (χ4n) is 2.19. The van der Waals surface area contributed by atoms with Gasteiger partial charge >= 0.3 is 0 Å². The van der Waals surface area contributed by atoms with Crippen molar-refractivity contribution in [1.29, 1.82) is 0 Å². The summed E-state index contributed by atoms with van der Waals surface area (Å²) in [5.41, 5.74) is 2.29. The molecular formula is C12H16BrNO. The van der Waals surface area contributed by atoms with E-state index < -0.39 is 0 Å². The van der Waals surface area contributed by atoms with Crippen molar-refractivity contribution in [3.05, 3.63) is 27.7 Å². The number of hydrogen-bond donors (Lipinski definition) is 2. The third kappa shape index (κ3) is 2.18. The molecule has 0 amide bonds. The van der Waals surface area contributed by atoms with Crippen molar-refractivity contribution in [3.63, 3.8) is 0 Å². The number of piperidine rings is 1. The Balaban J connectivity index is 2.36. The first-order chi connectivity index (χ1) is 7.20. The Hall–Kier alpha value is -0.540. The largest absolute Gasteiger partial charge is 0.508 e. The lowest BCUT2D eigenvalue weighted by Crippen LogP contribution is -2.26. The van der Waals surface area contributed by atoms with E-state index >= 15 is 0 Å². The van der Waals surface area contributed by atoms with Crippen molar-refractivity contribution >= 4 is 15.9 Å². The third-order valence-electron chi connectivity index (χ3n) is 3.10. The molecule has 0 radical (unpaired) electrons. The first-order valence-electron chi connectivity index (χ1n) is 5.39. The van der Waals surface area contributed by atoms with Gasteiger partial charge in [-0.2, -0.15) is 0 Å². The van der Waals surface area contributed by atoms with Crippen LogP contribution in [0.25, 0.3) is 0 Å². The third-order valence-corrected chi connectivity index (χ3v) is 4.15. The van der Waals surface area contributed by atoms with Gasteiger partial charge in [0.25, 0.3) is 0 Å². The summed E-state index contributed by atoms with van der Waals surface area (Å²) in [6.45, 7) is 4.16. The summed E-state index contributed by atoms with van der Waals surface area (Å²) >= 11 is 3.59. The van der Waals surface area contributed by atoms with Crippen LogP contribution in [-0.2, 0) is 0 Å². The van der Waals surface area contributed by atoms with E-state index in [2.05, 4.69) is 28.2 Å². The summed E-state index contributed by atoms with van der Waals surface area (Å²) in [6, 6.07) is 3.75. The standard InChI is InChI=1S/C12H16BrNO/c1-8-2-3-10(15)11(12(8)13)9-4-6-14-7-5-9/h2-3,9,14-15H,4-7H2,1H3. The van der Waals surface area contributed by atoms with Crippen LogP contribution in [0.2, 0.25) is 0 Å². The van der Waals surface area contributed by atoms with Gasteiger partial charge in [-0.1, -0.05) is 22.0 Å². The predicted molar refractivity (Wildman–Crippen MR) is 65.4 cm³/mol. The highest BCUT2D eigenvalue weighted by Crippen LogP contribution is 2.38. The molecule has 1 aliphatic rings. The molecule has 0 aliphatic carbocycles. The first-order valence-corrected chi connectivity index (χ1v) is 6.18. The molecule has 15 heavy (non-hydrogen) atoms. The number of aryl methyl sites for hydroxylation is 1. The van der Waals surface area contributed by atoms with Gasteiger partial charge < -0.3 is 10.4 Å². The van der Waals surface area contributed by atoms with Gasteiger partial charge in [-0.3, -0.25) is 0 Å². The molecular weight excluding hydrogens is 254 g/mol. The van der Waals surface area contributed by atoms with Crippen molar-refractivity contribution in [2.24, 2.45) is 0 Å². The molecule has 0 spiro atoms. The molecule has 2 nitrogen and oxygen atoms in total. The Morgan fingerprint density at radius 1 is 1.33 bits per heavy atom. The van der Waals surface area contributed by atoms with Crippen LogP contribution < -0.4 is 5.32 Å². The molecule has 0 bridgehead atoms. The van der Waals surface area contributed by atoms with Crippen LogP contribution >= 0.6 is 15.9 Å². The summed E-state index contributed by atoms with van der Waals surface area (Å²) in [6.07, 6.45) is 2.21. The van der Waals surface area contributed by atoms with Gasteiger partial charge in [0, 0.05) is 10.0 Å². The van der Waals surface area contributed by atoms with Crippen LogP contribution in [-0.4, -0.2) is 18.2 Å². The van der Waals surface area contributed by atoms with Crippen LogP contribution in [0.3, 0.4) is 0 Å². The molecule has 3 heteroatoms. The van der Waals surface area contributed by atoms with Crippen LogP contribution in [0, 0.1) is 6.92 Å². The van der Waals surface area contributed by atoms with E-state index in [-0.39, 0.29) is 0 Å². The summed E-state index contributed by atoms with van der Waals surface area (Å²) in [7, 11) is 0. The molecule has 1 aromatic rings. The van der Waals surface area contributed by atoms with E-state index in [1.165, 1.54) is 5.56 Å². The topological polar surface area (TPSA) is 32.3 Å². The molecule has 0 unspecified atom stereocenters. The van der Waals surface area contributed by atoms with Gasteiger partial charge in [0.2, 0.25) is 0 Å². The molecule has 1 heterocycles. The van der Waals surface area contributed by atoms with Crippen molar-refractivity contribution < 1.29 is 5.11 Å². The maximum Gasteiger partial charge on any atom is 0.120 e. The normalized spacial score (nSPS) is 18.0. The summed E-state index contributed by atoms with van der Waals surface area (Å²) in [5, 5.41) is 13.3. The molecule has 1 aliphatic heterocycles. The Morgan fingerprint density at radius 3 is 2.67 bits per heavy atom. The minimum atomic E-state index is 0.430.